The van der Waals surface area contributed by atoms with Crippen LogP contribution >= 0.6 is 22.6 Å². The molecule has 2 N–H and O–H groups in total. The summed E-state index contributed by atoms with van der Waals surface area (Å²) >= 11 is 2.18. The lowest BCUT2D eigenvalue weighted by atomic mass is 10.3. The average molecular weight is 348 g/mol. The first-order valence-corrected chi connectivity index (χ1v) is 6.48. The second-order valence-corrected chi connectivity index (χ2v) is 5.14. The van der Waals surface area contributed by atoms with Gasteiger partial charge in [0, 0.05) is 9.61 Å². The van der Waals surface area contributed by atoms with Crippen LogP contribution in [-0.2, 0) is 4.79 Å². The fraction of sp³-hybridized carbons (Fsp3) is 0.417. The van der Waals surface area contributed by atoms with Gasteiger partial charge in [0.1, 0.15) is 0 Å². The van der Waals surface area contributed by atoms with Crippen LogP contribution in [0, 0.1) is 3.57 Å². The van der Waals surface area contributed by atoms with E-state index in [1.807, 2.05) is 43.1 Å². The SMILES string of the molecule is CC(CO)N(C)CC(=O)Nc1ccccc1I. The first kappa shape index (κ1) is 14.4. The molecule has 0 bridgehead atoms. The summed E-state index contributed by atoms with van der Waals surface area (Å²) in [5, 5.41) is 11.8. The summed E-state index contributed by atoms with van der Waals surface area (Å²) < 4.78 is 1.01. The van der Waals surface area contributed by atoms with Crippen molar-refractivity contribution in [3.63, 3.8) is 0 Å². The minimum atomic E-state index is -0.0723. The zero-order chi connectivity index (χ0) is 12.8. The van der Waals surface area contributed by atoms with Gasteiger partial charge in [-0.1, -0.05) is 12.1 Å². The van der Waals surface area contributed by atoms with Gasteiger partial charge >= 0.3 is 0 Å². The second kappa shape index (κ2) is 6.93. The number of rotatable bonds is 5. The number of hydrogen-bond donors (Lipinski definition) is 2. The molecule has 17 heavy (non-hydrogen) atoms. The molecule has 1 atom stereocenters. The van der Waals surface area contributed by atoms with Gasteiger partial charge in [-0.3, -0.25) is 9.69 Å². The minimum Gasteiger partial charge on any atom is -0.395 e. The molecule has 4 nitrogen and oxygen atoms in total. The topological polar surface area (TPSA) is 52.6 Å². The summed E-state index contributed by atoms with van der Waals surface area (Å²) in [6.45, 7) is 2.19. The molecule has 0 saturated carbocycles. The van der Waals surface area contributed by atoms with Crippen molar-refractivity contribution in [2.24, 2.45) is 0 Å². The van der Waals surface area contributed by atoms with Gasteiger partial charge in [0.05, 0.1) is 18.8 Å². The zero-order valence-corrected chi connectivity index (χ0v) is 12.1. The van der Waals surface area contributed by atoms with Crippen molar-refractivity contribution >= 4 is 34.2 Å². The molecule has 0 aliphatic rings. The van der Waals surface area contributed by atoms with Crippen LogP contribution in [0.25, 0.3) is 0 Å². The second-order valence-electron chi connectivity index (χ2n) is 3.97. The van der Waals surface area contributed by atoms with Crippen molar-refractivity contribution < 1.29 is 9.90 Å². The molecule has 0 aromatic heterocycles. The highest BCUT2D eigenvalue weighted by Crippen LogP contribution is 2.16. The number of carbonyl (C=O) groups is 1. The number of halogens is 1. The number of anilines is 1. The van der Waals surface area contributed by atoms with E-state index in [1.165, 1.54) is 0 Å². The number of aliphatic hydroxyl groups is 1. The number of para-hydroxylation sites is 1. The highest BCUT2D eigenvalue weighted by atomic mass is 127. The van der Waals surface area contributed by atoms with Crippen LogP contribution in [0.2, 0.25) is 0 Å². The molecule has 5 heteroatoms. The number of amides is 1. The number of likely N-dealkylation sites (N-methyl/N-ethyl adjacent to an activating group) is 1. The molecule has 1 rings (SSSR count). The summed E-state index contributed by atoms with van der Waals surface area (Å²) in [6, 6.07) is 7.61. The molecule has 1 aromatic rings. The van der Waals surface area contributed by atoms with E-state index in [0.29, 0.717) is 0 Å². The first-order chi connectivity index (χ1) is 8.04. The molecule has 94 valence electrons. The van der Waals surface area contributed by atoms with Gasteiger partial charge in [-0.25, -0.2) is 0 Å². The molecule has 0 fully saturated rings. The average Bonchev–Trinajstić information content (AvgIpc) is 2.31. The maximum absolute atomic E-state index is 11.8. The molecule has 1 aromatic carbocycles. The first-order valence-electron chi connectivity index (χ1n) is 5.40. The summed E-state index contributed by atoms with van der Waals surface area (Å²) in [7, 11) is 1.82. The van der Waals surface area contributed by atoms with E-state index in [9.17, 15) is 4.79 Å². The molecule has 0 radical (unpaired) electrons. The Morgan fingerprint density at radius 1 is 1.53 bits per heavy atom. The molecule has 0 aliphatic carbocycles. The smallest absolute Gasteiger partial charge is 0.238 e. The highest BCUT2D eigenvalue weighted by Gasteiger charge is 2.12. The van der Waals surface area contributed by atoms with Crippen LogP contribution in [-0.4, -0.2) is 42.2 Å². The fourth-order valence-corrected chi connectivity index (χ4v) is 1.80. The molecule has 1 unspecified atom stereocenters. The van der Waals surface area contributed by atoms with E-state index in [4.69, 9.17) is 5.11 Å². The summed E-state index contributed by atoms with van der Waals surface area (Å²) in [5.74, 6) is -0.0723. The Balaban J connectivity index is 2.53. The normalized spacial score (nSPS) is 12.5. The lowest BCUT2D eigenvalue weighted by molar-refractivity contribution is -0.117. The monoisotopic (exact) mass is 348 g/mol. The predicted octanol–water partition coefficient (Wildman–Crippen LogP) is 1.54. The van der Waals surface area contributed by atoms with Crippen LogP contribution in [0.15, 0.2) is 24.3 Å². The number of carbonyl (C=O) groups excluding carboxylic acids is 1. The van der Waals surface area contributed by atoms with Gasteiger partial charge in [-0.15, -0.1) is 0 Å². The van der Waals surface area contributed by atoms with E-state index in [2.05, 4.69) is 27.9 Å². The van der Waals surface area contributed by atoms with Crippen molar-refractivity contribution in [3.05, 3.63) is 27.8 Å². The van der Waals surface area contributed by atoms with Gasteiger partial charge in [-0.2, -0.15) is 0 Å². The van der Waals surface area contributed by atoms with Gasteiger partial charge < -0.3 is 10.4 Å². The van der Waals surface area contributed by atoms with Crippen LogP contribution < -0.4 is 5.32 Å². The van der Waals surface area contributed by atoms with Crippen LogP contribution in [0.3, 0.4) is 0 Å². The Morgan fingerprint density at radius 3 is 2.76 bits per heavy atom. The number of benzene rings is 1. The standard InChI is InChI=1S/C12H17IN2O2/c1-9(8-16)15(2)7-12(17)14-11-6-4-3-5-10(11)13/h3-6,9,16H,7-8H2,1-2H3,(H,14,17). The lowest BCUT2D eigenvalue weighted by Gasteiger charge is -2.22. The van der Waals surface area contributed by atoms with Crippen molar-refractivity contribution in [2.45, 2.75) is 13.0 Å². The van der Waals surface area contributed by atoms with Gasteiger partial charge in [-0.05, 0) is 48.7 Å². The number of nitrogens with one attached hydrogen (secondary N) is 1. The van der Waals surface area contributed by atoms with Crippen molar-refractivity contribution in [3.8, 4) is 0 Å². The van der Waals surface area contributed by atoms with Crippen molar-refractivity contribution in [1.82, 2.24) is 4.90 Å². The molecule has 0 saturated heterocycles. The van der Waals surface area contributed by atoms with Crippen LogP contribution in [0.4, 0.5) is 5.69 Å². The van der Waals surface area contributed by atoms with Gasteiger partial charge in [0.2, 0.25) is 5.91 Å². The third-order valence-corrected chi connectivity index (χ3v) is 3.50. The van der Waals surface area contributed by atoms with E-state index in [0.717, 1.165) is 9.26 Å². The molecular formula is C12H17IN2O2. The summed E-state index contributed by atoms with van der Waals surface area (Å²) in [5.41, 5.74) is 0.822. The lowest BCUT2D eigenvalue weighted by Crippen LogP contribution is -2.38. The number of hydrogen-bond acceptors (Lipinski definition) is 3. The molecular weight excluding hydrogens is 331 g/mol. The van der Waals surface area contributed by atoms with E-state index >= 15 is 0 Å². The molecule has 0 heterocycles. The zero-order valence-electron chi connectivity index (χ0n) is 9.98. The Bertz CT molecular complexity index is 385. The Kier molecular flexibility index (Phi) is 5.87. The Morgan fingerprint density at radius 2 is 2.18 bits per heavy atom. The van der Waals surface area contributed by atoms with Gasteiger partial charge in [0.15, 0.2) is 0 Å². The maximum atomic E-state index is 11.8. The minimum absolute atomic E-state index is 0.0180. The van der Waals surface area contributed by atoms with Crippen molar-refractivity contribution in [1.29, 1.82) is 0 Å². The molecule has 1 amide bonds. The highest BCUT2D eigenvalue weighted by molar-refractivity contribution is 14.1. The number of aliphatic hydroxyl groups excluding tert-OH is 1. The summed E-state index contributed by atoms with van der Waals surface area (Å²) in [6.07, 6.45) is 0. The van der Waals surface area contributed by atoms with Gasteiger partial charge in [0.25, 0.3) is 0 Å². The summed E-state index contributed by atoms with van der Waals surface area (Å²) in [4.78, 5) is 13.6. The predicted molar refractivity (Wildman–Crippen MR) is 77.0 cm³/mol. The van der Waals surface area contributed by atoms with E-state index < -0.39 is 0 Å². The molecule has 0 aliphatic heterocycles. The van der Waals surface area contributed by atoms with E-state index in [-0.39, 0.29) is 25.1 Å². The molecule has 0 spiro atoms. The van der Waals surface area contributed by atoms with E-state index in [1.54, 1.807) is 0 Å². The fourth-order valence-electron chi connectivity index (χ4n) is 1.27. The Labute approximate surface area is 115 Å². The third kappa shape index (κ3) is 4.61. The number of nitrogens with zero attached hydrogens (tertiary/aromatic N) is 1. The third-order valence-electron chi connectivity index (χ3n) is 2.56. The van der Waals surface area contributed by atoms with Crippen LogP contribution in [0.5, 0.6) is 0 Å². The quantitative estimate of drug-likeness (QED) is 0.794. The maximum Gasteiger partial charge on any atom is 0.238 e. The van der Waals surface area contributed by atoms with Crippen molar-refractivity contribution in [2.75, 3.05) is 25.5 Å². The van der Waals surface area contributed by atoms with Crippen LogP contribution in [0.1, 0.15) is 6.92 Å². The largest absolute Gasteiger partial charge is 0.395 e. The Hall–Kier alpha value is -0.660.